The van der Waals surface area contributed by atoms with Crippen molar-refractivity contribution in [2.45, 2.75) is 0 Å². The summed E-state index contributed by atoms with van der Waals surface area (Å²) in [5.41, 5.74) is 6.45. The van der Waals surface area contributed by atoms with E-state index in [9.17, 15) is 4.79 Å². The second-order valence-electron chi connectivity index (χ2n) is 3.76. The predicted molar refractivity (Wildman–Crippen MR) is 66.8 cm³/mol. The lowest BCUT2D eigenvalue weighted by molar-refractivity contribution is 0.0952. The van der Waals surface area contributed by atoms with Crippen LogP contribution in [-0.4, -0.2) is 38.0 Å². The summed E-state index contributed by atoms with van der Waals surface area (Å²) in [6.07, 6.45) is 0. The zero-order valence-corrected chi connectivity index (χ0v) is 10.2. The summed E-state index contributed by atoms with van der Waals surface area (Å²) in [5.74, 6) is -0.232. The van der Waals surface area contributed by atoms with Crippen LogP contribution in [-0.2, 0) is 0 Å². The summed E-state index contributed by atoms with van der Waals surface area (Å²) in [4.78, 5) is 13.8. The Morgan fingerprint density at radius 2 is 2.19 bits per heavy atom. The number of carbonyl (C=O) groups excluding carboxylic acids is 1. The summed E-state index contributed by atoms with van der Waals surface area (Å²) in [7, 11) is 3.88. The van der Waals surface area contributed by atoms with Gasteiger partial charge in [0.15, 0.2) is 0 Å². The van der Waals surface area contributed by atoms with Crippen molar-refractivity contribution in [3.63, 3.8) is 0 Å². The zero-order chi connectivity index (χ0) is 12.1. The molecule has 0 aromatic heterocycles. The highest BCUT2D eigenvalue weighted by Crippen LogP contribution is 2.21. The number of carbonyl (C=O) groups is 1. The van der Waals surface area contributed by atoms with E-state index in [0.717, 1.165) is 6.54 Å². The highest BCUT2D eigenvalue weighted by molar-refractivity contribution is 6.34. The Bertz CT molecular complexity index is 359. The maximum atomic E-state index is 11.8. The lowest BCUT2D eigenvalue weighted by atomic mass is 10.1. The molecule has 0 aliphatic heterocycles. The van der Waals surface area contributed by atoms with E-state index < -0.39 is 0 Å². The maximum Gasteiger partial charge on any atom is 0.254 e. The minimum Gasteiger partial charge on any atom is -0.398 e. The second kappa shape index (κ2) is 5.72. The van der Waals surface area contributed by atoms with E-state index in [1.165, 1.54) is 0 Å². The molecule has 0 saturated carbocycles. The molecular weight excluding hydrogens is 226 g/mol. The normalized spacial score (nSPS) is 10.5. The van der Waals surface area contributed by atoms with Crippen LogP contribution < -0.4 is 11.1 Å². The second-order valence-corrected chi connectivity index (χ2v) is 4.17. The number of nitrogens with zero attached hydrogens (tertiary/aromatic N) is 1. The minimum absolute atomic E-state index is 0.232. The van der Waals surface area contributed by atoms with Crippen molar-refractivity contribution in [3.05, 3.63) is 28.8 Å². The average molecular weight is 242 g/mol. The molecule has 0 atom stereocenters. The van der Waals surface area contributed by atoms with E-state index in [1.807, 2.05) is 19.0 Å². The van der Waals surface area contributed by atoms with Crippen molar-refractivity contribution in [1.82, 2.24) is 10.2 Å². The van der Waals surface area contributed by atoms with Gasteiger partial charge in [0.2, 0.25) is 0 Å². The number of rotatable bonds is 4. The molecule has 0 spiro atoms. The molecule has 0 aliphatic carbocycles. The topological polar surface area (TPSA) is 58.4 Å². The van der Waals surface area contributed by atoms with Crippen LogP contribution in [0.1, 0.15) is 10.4 Å². The fourth-order valence-corrected chi connectivity index (χ4v) is 1.53. The molecule has 0 saturated heterocycles. The standard InChI is InChI=1S/C11H16ClN3O/c1-15(2)7-6-14-11(16)10-8(12)4-3-5-9(10)13/h3-5H,6-7,13H2,1-2H3,(H,14,16). The Hall–Kier alpha value is -1.26. The summed E-state index contributed by atoms with van der Waals surface area (Å²) in [5, 5.41) is 3.14. The molecule has 5 heteroatoms. The number of anilines is 1. The van der Waals surface area contributed by atoms with Gasteiger partial charge in [0.25, 0.3) is 5.91 Å². The van der Waals surface area contributed by atoms with Gasteiger partial charge in [0.05, 0.1) is 10.6 Å². The van der Waals surface area contributed by atoms with Crippen LogP contribution in [0, 0.1) is 0 Å². The smallest absolute Gasteiger partial charge is 0.254 e. The number of nitrogens with one attached hydrogen (secondary N) is 1. The highest BCUT2D eigenvalue weighted by atomic mass is 35.5. The van der Waals surface area contributed by atoms with E-state index in [0.29, 0.717) is 22.8 Å². The van der Waals surface area contributed by atoms with Crippen molar-refractivity contribution >= 4 is 23.2 Å². The first kappa shape index (κ1) is 12.8. The molecule has 1 aromatic rings. The summed E-state index contributed by atoms with van der Waals surface area (Å²) in [6, 6.07) is 5.03. The number of nitrogens with two attached hydrogens (primary N) is 1. The maximum absolute atomic E-state index is 11.8. The monoisotopic (exact) mass is 241 g/mol. The van der Waals surface area contributed by atoms with Gasteiger partial charge >= 0.3 is 0 Å². The predicted octanol–water partition coefficient (Wildman–Crippen LogP) is 1.21. The van der Waals surface area contributed by atoms with Gasteiger partial charge in [0.1, 0.15) is 0 Å². The molecule has 3 N–H and O–H groups in total. The Balaban J connectivity index is 2.66. The van der Waals surface area contributed by atoms with Gasteiger partial charge in [-0.05, 0) is 26.2 Å². The molecule has 4 nitrogen and oxygen atoms in total. The van der Waals surface area contributed by atoms with Crippen molar-refractivity contribution in [2.75, 3.05) is 32.9 Å². The highest BCUT2D eigenvalue weighted by Gasteiger charge is 2.12. The molecule has 1 rings (SSSR count). The molecule has 16 heavy (non-hydrogen) atoms. The zero-order valence-electron chi connectivity index (χ0n) is 9.46. The van der Waals surface area contributed by atoms with Crippen LogP contribution in [0.5, 0.6) is 0 Å². The number of hydrogen-bond donors (Lipinski definition) is 2. The van der Waals surface area contributed by atoms with Crippen molar-refractivity contribution in [2.24, 2.45) is 0 Å². The van der Waals surface area contributed by atoms with Crippen LogP contribution in [0.25, 0.3) is 0 Å². The molecule has 0 bridgehead atoms. The van der Waals surface area contributed by atoms with Crippen molar-refractivity contribution in [1.29, 1.82) is 0 Å². The summed E-state index contributed by atoms with van der Waals surface area (Å²) in [6.45, 7) is 1.34. The molecule has 1 amide bonds. The Labute approximate surface area is 100 Å². The SMILES string of the molecule is CN(C)CCNC(=O)c1c(N)cccc1Cl. The summed E-state index contributed by atoms with van der Waals surface area (Å²) >= 11 is 5.91. The van der Waals surface area contributed by atoms with Crippen LogP contribution in [0.15, 0.2) is 18.2 Å². The van der Waals surface area contributed by atoms with Crippen LogP contribution in [0.3, 0.4) is 0 Å². The van der Waals surface area contributed by atoms with E-state index in [4.69, 9.17) is 17.3 Å². The van der Waals surface area contributed by atoms with Gasteiger partial charge in [-0.1, -0.05) is 17.7 Å². The fraction of sp³-hybridized carbons (Fsp3) is 0.364. The quantitative estimate of drug-likeness (QED) is 0.780. The molecule has 0 fully saturated rings. The number of halogens is 1. The van der Waals surface area contributed by atoms with Gasteiger partial charge in [-0.2, -0.15) is 0 Å². The Kier molecular flexibility index (Phi) is 4.58. The first-order valence-electron chi connectivity index (χ1n) is 4.99. The van der Waals surface area contributed by atoms with Crippen LogP contribution >= 0.6 is 11.6 Å². The third-order valence-electron chi connectivity index (χ3n) is 2.12. The Morgan fingerprint density at radius 3 is 2.75 bits per heavy atom. The summed E-state index contributed by atoms with van der Waals surface area (Å²) < 4.78 is 0. The molecule has 88 valence electrons. The van der Waals surface area contributed by atoms with E-state index in [2.05, 4.69) is 5.32 Å². The number of likely N-dealkylation sites (N-methyl/N-ethyl adjacent to an activating group) is 1. The lowest BCUT2D eigenvalue weighted by Crippen LogP contribution is -2.31. The number of benzene rings is 1. The van der Waals surface area contributed by atoms with E-state index >= 15 is 0 Å². The molecule has 0 radical (unpaired) electrons. The van der Waals surface area contributed by atoms with E-state index in [1.54, 1.807) is 18.2 Å². The molecule has 0 aliphatic rings. The fourth-order valence-electron chi connectivity index (χ4n) is 1.26. The number of hydrogen-bond acceptors (Lipinski definition) is 3. The third kappa shape index (κ3) is 3.40. The Morgan fingerprint density at radius 1 is 1.50 bits per heavy atom. The van der Waals surface area contributed by atoms with Gasteiger partial charge in [0, 0.05) is 18.8 Å². The van der Waals surface area contributed by atoms with Gasteiger partial charge in [-0.3, -0.25) is 4.79 Å². The van der Waals surface area contributed by atoms with Gasteiger partial charge in [-0.25, -0.2) is 0 Å². The largest absolute Gasteiger partial charge is 0.398 e. The van der Waals surface area contributed by atoms with Gasteiger partial charge < -0.3 is 16.0 Å². The first-order valence-corrected chi connectivity index (χ1v) is 5.37. The van der Waals surface area contributed by atoms with Crippen molar-refractivity contribution in [3.8, 4) is 0 Å². The molecular formula is C11H16ClN3O. The van der Waals surface area contributed by atoms with Crippen LogP contribution in [0.2, 0.25) is 5.02 Å². The number of amides is 1. The third-order valence-corrected chi connectivity index (χ3v) is 2.43. The molecule has 1 aromatic carbocycles. The minimum atomic E-state index is -0.232. The first-order chi connectivity index (χ1) is 7.52. The molecule has 0 heterocycles. The number of nitrogen functional groups attached to an aromatic ring is 1. The van der Waals surface area contributed by atoms with Gasteiger partial charge in [-0.15, -0.1) is 0 Å². The lowest BCUT2D eigenvalue weighted by Gasteiger charge is -2.12. The molecule has 0 unspecified atom stereocenters. The van der Waals surface area contributed by atoms with E-state index in [-0.39, 0.29) is 5.91 Å². The van der Waals surface area contributed by atoms with Crippen molar-refractivity contribution < 1.29 is 4.79 Å². The average Bonchev–Trinajstić information content (AvgIpc) is 2.16. The van der Waals surface area contributed by atoms with Crippen LogP contribution in [0.4, 0.5) is 5.69 Å².